The van der Waals surface area contributed by atoms with Crippen LogP contribution < -0.4 is 15.5 Å². The monoisotopic (exact) mass is 325 g/mol. The molecule has 0 unspecified atom stereocenters. The average Bonchev–Trinajstić information content (AvgIpc) is 2.57. The van der Waals surface area contributed by atoms with Gasteiger partial charge in [-0.1, -0.05) is 30.3 Å². The number of nitrogens with one attached hydrogen (secondary N) is 2. The normalized spacial score (nSPS) is 10.4. The second-order valence-electron chi connectivity index (χ2n) is 4.85. The number of hydrazone groups is 1. The number of para-hydroxylation sites is 2. The summed E-state index contributed by atoms with van der Waals surface area (Å²) in [6, 6.07) is 16.3. The quantitative estimate of drug-likeness (QED) is 0.466. The number of carbonyl (C=O) groups is 2. The van der Waals surface area contributed by atoms with E-state index in [0.29, 0.717) is 18.0 Å². The van der Waals surface area contributed by atoms with Crippen LogP contribution in [0.15, 0.2) is 59.7 Å². The minimum atomic E-state index is -0.492. The summed E-state index contributed by atoms with van der Waals surface area (Å²) in [5.41, 5.74) is 3.72. The van der Waals surface area contributed by atoms with E-state index in [4.69, 9.17) is 4.74 Å². The highest BCUT2D eigenvalue weighted by Gasteiger charge is 2.08. The molecule has 2 rings (SSSR count). The number of carbonyl (C=O) groups excluding carboxylic acids is 2. The van der Waals surface area contributed by atoms with Gasteiger partial charge in [-0.25, -0.2) is 5.43 Å². The molecule has 0 aliphatic rings. The summed E-state index contributed by atoms with van der Waals surface area (Å²) in [7, 11) is 0. The highest BCUT2D eigenvalue weighted by molar-refractivity contribution is 6.03. The maximum Gasteiger partial charge on any atom is 0.249 e. The lowest BCUT2D eigenvalue weighted by Crippen LogP contribution is -2.24. The molecular weight excluding hydrogens is 306 g/mol. The summed E-state index contributed by atoms with van der Waals surface area (Å²) >= 11 is 0. The van der Waals surface area contributed by atoms with Crippen molar-refractivity contribution >= 4 is 23.7 Å². The minimum absolute atomic E-state index is 0.306. The first-order chi connectivity index (χ1) is 11.7. The predicted octanol–water partition coefficient (Wildman–Crippen LogP) is 2.56. The molecule has 0 aromatic heterocycles. The van der Waals surface area contributed by atoms with Crippen molar-refractivity contribution in [1.82, 2.24) is 5.43 Å². The number of benzene rings is 2. The van der Waals surface area contributed by atoms with Gasteiger partial charge in [-0.15, -0.1) is 0 Å². The van der Waals surface area contributed by atoms with E-state index in [1.165, 1.54) is 6.21 Å². The third kappa shape index (κ3) is 5.57. The standard InChI is InChI=1S/C18H19N3O3/c1-2-24-16-11-7-6-8-14(16)13-19-21-18(23)12-17(22)20-15-9-4-3-5-10-15/h3-11,13H,2,12H2,1H3,(H,20,22)(H,21,23). The molecule has 2 aromatic carbocycles. The Morgan fingerprint density at radius 2 is 1.75 bits per heavy atom. The van der Waals surface area contributed by atoms with Gasteiger partial charge in [0.15, 0.2) is 0 Å². The number of amides is 2. The second kappa shape index (κ2) is 9.09. The van der Waals surface area contributed by atoms with Crippen molar-refractivity contribution in [2.45, 2.75) is 13.3 Å². The number of nitrogens with zero attached hydrogens (tertiary/aromatic N) is 1. The smallest absolute Gasteiger partial charge is 0.249 e. The maximum absolute atomic E-state index is 11.8. The van der Waals surface area contributed by atoms with Gasteiger partial charge >= 0.3 is 0 Å². The molecule has 0 spiro atoms. The molecule has 0 heterocycles. The molecule has 0 aliphatic heterocycles. The van der Waals surface area contributed by atoms with Gasteiger partial charge in [0.1, 0.15) is 12.2 Å². The van der Waals surface area contributed by atoms with Gasteiger partial charge in [0.25, 0.3) is 0 Å². The van der Waals surface area contributed by atoms with Crippen LogP contribution in [-0.4, -0.2) is 24.6 Å². The molecule has 0 saturated heterocycles. The lowest BCUT2D eigenvalue weighted by molar-refractivity contribution is -0.126. The summed E-state index contributed by atoms with van der Waals surface area (Å²) in [6.07, 6.45) is 1.18. The van der Waals surface area contributed by atoms with Gasteiger partial charge in [-0.2, -0.15) is 5.10 Å². The van der Waals surface area contributed by atoms with Crippen molar-refractivity contribution in [3.63, 3.8) is 0 Å². The summed E-state index contributed by atoms with van der Waals surface area (Å²) in [5, 5.41) is 6.50. The largest absolute Gasteiger partial charge is 0.493 e. The Labute approximate surface area is 140 Å². The molecule has 0 fully saturated rings. The molecule has 6 heteroatoms. The summed E-state index contributed by atoms with van der Waals surface area (Å²) in [4.78, 5) is 23.5. The van der Waals surface area contributed by atoms with E-state index in [9.17, 15) is 9.59 Å². The fraction of sp³-hybridized carbons (Fsp3) is 0.167. The number of rotatable bonds is 7. The zero-order valence-electron chi connectivity index (χ0n) is 13.4. The fourth-order valence-corrected chi connectivity index (χ4v) is 1.96. The van der Waals surface area contributed by atoms with Crippen LogP contribution in [0.3, 0.4) is 0 Å². The zero-order valence-corrected chi connectivity index (χ0v) is 13.4. The average molecular weight is 325 g/mol. The number of anilines is 1. The lowest BCUT2D eigenvalue weighted by atomic mass is 10.2. The van der Waals surface area contributed by atoms with Gasteiger partial charge in [-0.05, 0) is 31.2 Å². The van der Waals surface area contributed by atoms with Gasteiger partial charge in [0, 0.05) is 11.3 Å². The van der Waals surface area contributed by atoms with Crippen molar-refractivity contribution in [3.05, 3.63) is 60.2 Å². The third-order valence-corrected chi connectivity index (χ3v) is 2.99. The van der Waals surface area contributed by atoms with E-state index < -0.39 is 11.8 Å². The van der Waals surface area contributed by atoms with E-state index in [1.54, 1.807) is 24.3 Å². The van der Waals surface area contributed by atoms with Crippen LogP contribution in [0.1, 0.15) is 18.9 Å². The van der Waals surface area contributed by atoms with Crippen LogP contribution in [-0.2, 0) is 9.59 Å². The first-order valence-electron chi connectivity index (χ1n) is 7.57. The van der Waals surface area contributed by atoms with Crippen molar-refractivity contribution < 1.29 is 14.3 Å². The highest BCUT2D eigenvalue weighted by atomic mass is 16.5. The SMILES string of the molecule is CCOc1ccccc1C=NNC(=O)CC(=O)Nc1ccccc1. The van der Waals surface area contributed by atoms with Crippen LogP contribution in [0.5, 0.6) is 5.75 Å². The molecule has 2 amide bonds. The Morgan fingerprint density at radius 3 is 2.50 bits per heavy atom. The number of hydrogen-bond donors (Lipinski definition) is 2. The van der Waals surface area contributed by atoms with Gasteiger partial charge in [0.05, 0.1) is 12.8 Å². The van der Waals surface area contributed by atoms with E-state index in [1.807, 2.05) is 37.3 Å². The molecule has 0 radical (unpaired) electrons. The van der Waals surface area contributed by atoms with E-state index in [0.717, 1.165) is 5.56 Å². The molecule has 6 nitrogen and oxygen atoms in total. The summed E-state index contributed by atoms with van der Waals surface area (Å²) in [5.74, 6) is -0.211. The van der Waals surface area contributed by atoms with Crippen LogP contribution in [0, 0.1) is 0 Å². The Kier molecular flexibility index (Phi) is 6.52. The lowest BCUT2D eigenvalue weighted by Gasteiger charge is -2.06. The number of ether oxygens (including phenoxy) is 1. The summed E-state index contributed by atoms with van der Waals surface area (Å²) in [6.45, 7) is 2.43. The Bertz CT molecular complexity index is 714. The van der Waals surface area contributed by atoms with E-state index >= 15 is 0 Å². The van der Waals surface area contributed by atoms with Crippen molar-refractivity contribution in [1.29, 1.82) is 0 Å². The van der Waals surface area contributed by atoms with Gasteiger partial charge in [0.2, 0.25) is 11.8 Å². The van der Waals surface area contributed by atoms with Crippen LogP contribution >= 0.6 is 0 Å². The van der Waals surface area contributed by atoms with Crippen molar-refractivity contribution in [3.8, 4) is 5.75 Å². The Hall–Kier alpha value is -3.15. The topological polar surface area (TPSA) is 79.8 Å². The molecule has 0 saturated carbocycles. The number of hydrogen-bond acceptors (Lipinski definition) is 4. The Morgan fingerprint density at radius 1 is 1.04 bits per heavy atom. The minimum Gasteiger partial charge on any atom is -0.493 e. The fourth-order valence-electron chi connectivity index (χ4n) is 1.96. The zero-order chi connectivity index (χ0) is 17.2. The van der Waals surface area contributed by atoms with E-state index in [-0.39, 0.29) is 6.42 Å². The summed E-state index contributed by atoms with van der Waals surface area (Å²) < 4.78 is 5.46. The van der Waals surface area contributed by atoms with E-state index in [2.05, 4.69) is 15.8 Å². The molecule has 2 aromatic rings. The first-order valence-corrected chi connectivity index (χ1v) is 7.57. The molecule has 124 valence electrons. The van der Waals surface area contributed by atoms with Gasteiger partial charge in [-0.3, -0.25) is 9.59 Å². The van der Waals surface area contributed by atoms with Crippen molar-refractivity contribution in [2.75, 3.05) is 11.9 Å². The van der Waals surface area contributed by atoms with Crippen molar-refractivity contribution in [2.24, 2.45) is 5.10 Å². The maximum atomic E-state index is 11.8. The molecule has 24 heavy (non-hydrogen) atoms. The van der Waals surface area contributed by atoms with Crippen LogP contribution in [0.4, 0.5) is 5.69 Å². The molecule has 0 aliphatic carbocycles. The molecular formula is C18H19N3O3. The Balaban J connectivity index is 1.83. The molecule has 2 N–H and O–H groups in total. The molecule has 0 bridgehead atoms. The van der Waals surface area contributed by atoms with Crippen LogP contribution in [0.2, 0.25) is 0 Å². The predicted molar refractivity (Wildman–Crippen MR) is 93.0 cm³/mol. The van der Waals surface area contributed by atoms with Gasteiger partial charge < -0.3 is 10.1 Å². The first kappa shape index (κ1) is 17.2. The third-order valence-electron chi connectivity index (χ3n) is 2.99. The second-order valence-corrected chi connectivity index (χ2v) is 4.85. The van der Waals surface area contributed by atoms with Crippen LogP contribution in [0.25, 0.3) is 0 Å². The molecule has 0 atom stereocenters. The highest BCUT2D eigenvalue weighted by Crippen LogP contribution is 2.15.